The second kappa shape index (κ2) is 12.5. The molecule has 1 aliphatic heterocycles. The van der Waals surface area contributed by atoms with Crippen LogP contribution in [0.4, 0.5) is 4.39 Å². The van der Waals surface area contributed by atoms with E-state index in [1.165, 1.54) is 6.07 Å². The van der Waals surface area contributed by atoms with Crippen LogP contribution in [0.1, 0.15) is 19.4 Å². The zero-order valence-corrected chi connectivity index (χ0v) is 18.3. The number of benzene rings is 1. The van der Waals surface area contributed by atoms with Crippen LogP contribution in [0.25, 0.3) is 0 Å². The molecule has 0 amide bonds. The molecule has 1 saturated heterocycles. The zero-order chi connectivity index (χ0) is 18.1. The number of hydrogen-bond donors (Lipinski definition) is 2. The van der Waals surface area contributed by atoms with Gasteiger partial charge in [0.15, 0.2) is 5.96 Å². The Morgan fingerprint density at radius 3 is 2.54 bits per heavy atom. The molecule has 0 radical (unpaired) electrons. The number of morpholine rings is 1. The minimum atomic E-state index is -0.153. The lowest BCUT2D eigenvalue weighted by Gasteiger charge is -2.37. The molecule has 0 bridgehead atoms. The topological polar surface area (TPSA) is 48.9 Å². The van der Waals surface area contributed by atoms with Gasteiger partial charge in [-0.3, -0.25) is 9.89 Å². The average Bonchev–Trinajstić information content (AvgIpc) is 2.62. The van der Waals surface area contributed by atoms with Crippen LogP contribution in [0, 0.1) is 11.7 Å². The summed E-state index contributed by atoms with van der Waals surface area (Å²) < 4.78 is 19.1. The third kappa shape index (κ3) is 7.36. The smallest absolute Gasteiger partial charge is 0.191 e. The predicted octanol–water partition coefficient (Wildman–Crippen LogP) is 2.51. The molecule has 26 heavy (non-hydrogen) atoms. The summed E-state index contributed by atoms with van der Waals surface area (Å²) in [5, 5.41) is 6.68. The first-order valence-corrected chi connectivity index (χ1v) is 9.11. The highest BCUT2D eigenvalue weighted by Gasteiger charge is 2.23. The van der Waals surface area contributed by atoms with Crippen LogP contribution in [0.3, 0.4) is 0 Å². The van der Waals surface area contributed by atoms with Crippen molar-refractivity contribution in [1.82, 2.24) is 15.5 Å². The largest absolute Gasteiger partial charge is 0.379 e. The van der Waals surface area contributed by atoms with Gasteiger partial charge in [-0.15, -0.1) is 24.0 Å². The average molecular weight is 478 g/mol. The third-order valence-electron chi connectivity index (χ3n) is 4.63. The van der Waals surface area contributed by atoms with Crippen molar-refractivity contribution in [3.8, 4) is 0 Å². The molecule has 2 N–H and O–H groups in total. The van der Waals surface area contributed by atoms with Gasteiger partial charge in [-0.05, 0) is 24.0 Å². The molecule has 1 fully saturated rings. The summed E-state index contributed by atoms with van der Waals surface area (Å²) in [6.45, 7) is 9.53. The molecule has 0 aromatic heterocycles. The molecule has 0 spiro atoms. The van der Waals surface area contributed by atoms with E-state index in [9.17, 15) is 4.39 Å². The van der Waals surface area contributed by atoms with Crippen molar-refractivity contribution in [3.05, 3.63) is 35.6 Å². The molecule has 0 aliphatic carbocycles. The molecule has 1 aromatic rings. The minimum Gasteiger partial charge on any atom is -0.379 e. The standard InChI is InChI=1S/C19H31FN4O.HI/c1-15(2)18(24-10-12-25-13-11-24)14-23-19(21-3)22-9-8-16-6-4-5-7-17(16)20;/h4-7,15,18H,8-14H2,1-3H3,(H2,21,22,23);1H. The van der Waals surface area contributed by atoms with E-state index in [4.69, 9.17) is 4.74 Å². The molecule has 5 nitrogen and oxygen atoms in total. The van der Waals surface area contributed by atoms with E-state index in [1.54, 1.807) is 13.1 Å². The number of halogens is 2. The van der Waals surface area contributed by atoms with Gasteiger partial charge in [0.05, 0.1) is 13.2 Å². The fourth-order valence-corrected chi connectivity index (χ4v) is 3.13. The first-order valence-electron chi connectivity index (χ1n) is 9.11. The number of aliphatic imine (C=N–C) groups is 1. The monoisotopic (exact) mass is 478 g/mol. The van der Waals surface area contributed by atoms with Gasteiger partial charge < -0.3 is 15.4 Å². The molecule has 1 aliphatic rings. The Morgan fingerprint density at radius 2 is 1.92 bits per heavy atom. The van der Waals surface area contributed by atoms with E-state index in [2.05, 4.69) is 34.4 Å². The van der Waals surface area contributed by atoms with Gasteiger partial charge in [-0.1, -0.05) is 32.0 Å². The Labute approximate surface area is 173 Å². The van der Waals surface area contributed by atoms with Crippen LogP contribution in [0.2, 0.25) is 0 Å². The minimum absolute atomic E-state index is 0. The lowest BCUT2D eigenvalue weighted by atomic mass is 10.0. The van der Waals surface area contributed by atoms with E-state index in [0.717, 1.165) is 44.4 Å². The maximum absolute atomic E-state index is 13.7. The van der Waals surface area contributed by atoms with Gasteiger partial charge in [0.1, 0.15) is 5.82 Å². The number of hydrogen-bond acceptors (Lipinski definition) is 3. The molecule has 1 unspecified atom stereocenters. The molecular formula is C19H32FIN4O. The molecule has 7 heteroatoms. The molecule has 1 heterocycles. The Hall–Kier alpha value is -0.930. The molecule has 2 rings (SSSR count). The normalized spacial score (nSPS) is 16.9. The number of rotatable bonds is 7. The highest BCUT2D eigenvalue weighted by molar-refractivity contribution is 14.0. The molecule has 1 aromatic carbocycles. The Morgan fingerprint density at radius 1 is 1.23 bits per heavy atom. The van der Waals surface area contributed by atoms with Crippen molar-refractivity contribution in [2.24, 2.45) is 10.9 Å². The van der Waals surface area contributed by atoms with E-state index in [-0.39, 0.29) is 29.8 Å². The molecule has 148 valence electrons. The molecular weight excluding hydrogens is 446 g/mol. The molecule has 0 saturated carbocycles. The summed E-state index contributed by atoms with van der Waals surface area (Å²) in [5.41, 5.74) is 0.721. The summed E-state index contributed by atoms with van der Waals surface area (Å²) in [4.78, 5) is 6.76. The summed E-state index contributed by atoms with van der Waals surface area (Å²) in [6.07, 6.45) is 0.629. The van der Waals surface area contributed by atoms with Crippen LogP contribution < -0.4 is 10.6 Å². The highest BCUT2D eigenvalue weighted by atomic mass is 127. The summed E-state index contributed by atoms with van der Waals surface area (Å²) >= 11 is 0. The quantitative estimate of drug-likeness (QED) is 0.359. The van der Waals surface area contributed by atoms with Crippen LogP contribution >= 0.6 is 24.0 Å². The van der Waals surface area contributed by atoms with E-state index >= 15 is 0 Å². The number of nitrogens with one attached hydrogen (secondary N) is 2. The van der Waals surface area contributed by atoms with Crippen molar-refractivity contribution >= 4 is 29.9 Å². The first-order chi connectivity index (χ1) is 12.1. The Bertz CT molecular complexity index is 550. The molecule has 1 atom stereocenters. The number of guanidine groups is 1. The van der Waals surface area contributed by atoms with Crippen LogP contribution in [-0.4, -0.2) is 63.3 Å². The predicted molar refractivity (Wildman–Crippen MR) is 116 cm³/mol. The van der Waals surface area contributed by atoms with E-state index < -0.39 is 0 Å². The fraction of sp³-hybridized carbons (Fsp3) is 0.632. The maximum Gasteiger partial charge on any atom is 0.191 e. The van der Waals surface area contributed by atoms with Gasteiger partial charge in [-0.2, -0.15) is 0 Å². The van der Waals surface area contributed by atoms with Crippen LogP contribution in [-0.2, 0) is 11.2 Å². The SMILES string of the molecule is CN=C(NCCc1ccccc1F)NCC(C(C)C)N1CCOCC1.I. The van der Waals surface area contributed by atoms with Gasteiger partial charge >= 0.3 is 0 Å². The Kier molecular flexibility index (Phi) is 11.1. The van der Waals surface area contributed by atoms with E-state index in [0.29, 0.717) is 24.9 Å². The summed E-state index contributed by atoms with van der Waals surface area (Å²) in [7, 11) is 1.76. The van der Waals surface area contributed by atoms with Crippen molar-refractivity contribution in [3.63, 3.8) is 0 Å². The third-order valence-corrected chi connectivity index (χ3v) is 4.63. The number of nitrogens with zero attached hydrogens (tertiary/aromatic N) is 2. The van der Waals surface area contributed by atoms with Gasteiger partial charge in [0, 0.05) is 39.3 Å². The fourth-order valence-electron chi connectivity index (χ4n) is 3.13. The van der Waals surface area contributed by atoms with Crippen LogP contribution in [0.5, 0.6) is 0 Å². The zero-order valence-electron chi connectivity index (χ0n) is 16.0. The summed E-state index contributed by atoms with van der Waals surface area (Å²) in [6, 6.07) is 7.33. The van der Waals surface area contributed by atoms with Crippen molar-refractivity contribution in [2.45, 2.75) is 26.3 Å². The van der Waals surface area contributed by atoms with Crippen molar-refractivity contribution in [2.75, 3.05) is 46.4 Å². The lowest BCUT2D eigenvalue weighted by molar-refractivity contribution is 0.00752. The van der Waals surface area contributed by atoms with Crippen LogP contribution in [0.15, 0.2) is 29.3 Å². The summed E-state index contributed by atoms with van der Waals surface area (Å²) in [5.74, 6) is 1.15. The highest BCUT2D eigenvalue weighted by Crippen LogP contribution is 2.12. The van der Waals surface area contributed by atoms with Crippen molar-refractivity contribution < 1.29 is 9.13 Å². The maximum atomic E-state index is 13.7. The van der Waals surface area contributed by atoms with Gasteiger partial charge in [0.2, 0.25) is 0 Å². The Balaban J connectivity index is 0.00000338. The van der Waals surface area contributed by atoms with E-state index in [1.807, 2.05) is 12.1 Å². The number of ether oxygens (including phenoxy) is 1. The second-order valence-corrected chi connectivity index (χ2v) is 6.68. The van der Waals surface area contributed by atoms with Crippen molar-refractivity contribution in [1.29, 1.82) is 0 Å². The first kappa shape index (κ1) is 23.1. The lowest BCUT2D eigenvalue weighted by Crippen LogP contribution is -2.52. The second-order valence-electron chi connectivity index (χ2n) is 6.68. The van der Waals surface area contributed by atoms with Gasteiger partial charge in [0.25, 0.3) is 0 Å². The van der Waals surface area contributed by atoms with Gasteiger partial charge in [-0.25, -0.2) is 4.39 Å².